The first-order chi connectivity index (χ1) is 9.13. The SMILES string of the molecule is CC(CC1CC1)NC(=O)C1CC2CCCC(C1)C2N.Cl. The average Bonchev–Trinajstić information content (AvgIpc) is 3.12. The molecule has 3 N–H and O–H groups in total. The summed E-state index contributed by atoms with van der Waals surface area (Å²) in [5.74, 6) is 2.62. The van der Waals surface area contributed by atoms with Crippen molar-refractivity contribution in [2.45, 2.75) is 70.4 Å². The molecular formula is C16H29ClN2O. The molecule has 116 valence electrons. The second-order valence-corrected chi connectivity index (χ2v) is 7.29. The average molecular weight is 301 g/mol. The Morgan fingerprint density at radius 2 is 1.80 bits per heavy atom. The quantitative estimate of drug-likeness (QED) is 0.839. The lowest BCUT2D eigenvalue weighted by Gasteiger charge is -2.43. The molecule has 0 radical (unpaired) electrons. The number of nitrogens with one attached hydrogen (secondary N) is 1. The van der Waals surface area contributed by atoms with Crippen LogP contribution in [0, 0.1) is 23.7 Å². The Kier molecular flexibility index (Phi) is 5.36. The van der Waals surface area contributed by atoms with Crippen LogP contribution in [0.2, 0.25) is 0 Å². The van der Waals surface area contributed by atoms with E-state index in [2.05, 4.69) is 12.2 Å². The van der Waals surface area contributed by atoms with E-state index in [0.29, 0.717) is 29.8 Å². The molecule has 3 fully saturated rings. The molecule has 3 rings (SSSR count). The number of carbonyl (C=O) groups is 1. The highest BCUT2D eigenvalue weighted by molar-refractivity contribution is 5.85. The summed E-state index contributed by atoms with van der Waals surface area (Å²) in [5, 5.41) is 3.25. The first kappa shape index (κ1) is 16.1. The molecule has 0 spiro atoms. The van der Waals surface area contributed by atoms with Crippen molar-refractivity contribution in [3.8, 4) is 0 Å². The highest BCUT2D eigenvalue weighted by atomic mass is 35.5. The van der Waals surface area contributed by atoms with Gasteiger partial charge in [0, 0.05) is 18.0 Å². The van der Waals surface area contributed by atoms with Crippen LogP contribution in [0.3, 0.4) is 0 Å². The fourth-order valence-electron chi connectivity index (χ4n) is 4.28. The van der Waals surface area contributed by atoms with Gasteiger partial charge in [0.15, 0.2) is 0 Å². The highest BCUT2D eigenvalue weighted by Gasteiger charge is 2.40. The van der Waals surface area contributed by atoms with Crippen LogP contribution in [0.15, 0.2) is 0 Å². The van der Waals surface area contributed by atoms with Crippen molar-refractivity contribution in [3.05, 3.63) is 0 Å². The van der Waals surface area contributed by atoms with E-state index in [0.717, 1.165) is 18.8 Å². The van der Waals surface area contributed by atoms with E-state index in [1.54, 1.807) is 0 Å². The molecule has 3 atom stereocenters. The summed E-state index contributed by atoms with van der Waals surface area (Å²) >= 11 is 0. The lowest BCUT2D eigenvalue weighted by atomic mass is 9.65. The lowest BCUT2D eigenvalue weighted by Crippen LogP contribution is -2.50. The third-order valence-electron chi connectivity index (χ3n) is 5.56. The van der Waals surface area contributed by atoms with Gasteiger partial charge in [-0.2, -0.15) is 0 Å². The normalized spacial score (nSPS) is 37.7. The summed E-state index contributed by atoms with van der Waals surface area (Å²) in [6.07, 6.45) is 9.74. The molecule has 0 aromatic rings. The number of hydrogen-bond donors (Lipinski definition) is 2. The van der Waals surface area contributed by atoms with Crippen LogP contribution in [0.4, 0.5) is 0 Å². The maximum Gasteiger partial charge on any atom is 0.223 e. The van der Waals surface area contributed by atoms with Crippen molar-refractivity contribution in [2.24, 2.45) is 29.4 Å². The zero-order chi connectivity index (χ0) is 13.4. The summed E-state index contributed by atoms with van der Waals surface area (Å²) in [7, 11) is 0. The van der Waals surface area contributed by atoms with E-state index >= 15 is 0 Å². The zero-order valence-corrected chi connectivity index (χ0v) is 13.3. The highest BCUT2D eigenvalue weighted by Crippen LogP contribution is 2.42. The van der Waals surface area contributed by atoms with Gasteiger partial charge in [-0.15, -0.1) is 12.4 Å². The Labute approximate surface area is 128 Å². The molecule has 3 unspecified atom stereocenters. The summed E-state index contributed by atoms with van der Waals surface area (Å²) in [5.41, 5.74) is 6.29. The molecule has 3 aliphatic carbocycles. The first-order valence-electron chi connectivity index (χ1n) is 8.19. The standard InChI is InChI=1S/C16H28N2O.ClH/c1-10(7-11-5-6-11)18-16(19)14-8-12-3-2-4-13(9-14)15(12)17;/h10-15H,2-9,17H2,1H3,(H,18,19);1H. The third-order valence-corrected chi connectivity index (χ3v) is 5.56. The number of carbonyl (C=O) groups excluding carboxylic acids is 1. The van der Waals surface area contributed by atoms with E-state index in [1.807, 2.05) is 0 Å². The van der Waals surface area contributed by atoms with Crippen molar-refractivity contribution in [2.75, 3.05) is 0 Å². The van der Waals surface area contributed by atoms with E-state index in [9.17, 15) is 4.79 Å². The van der Waals surface area contributed by atoms with Gasteiger partial charge in [0.2, 0.25) is 5.91 Å². The van der Waals surface area contributed by atoms with Crippen LogP contribution in [0.1, 0.15) is 58.3 Å². The molecule has 0 aromatic heterocycles. The molecule has 3 saturated carbocycles. The minimum Gasteiger partial charge on any atom is -0.353 e. The Balaban J connectivity index is 0.00000147. The molecule has 3 aliphatic rings. The zero-order valence-electron chi connectivity index (χ0n) is 12.5. The fraction of sp³-hybridized carbons (Fsp3) is 0.938. The Morgan fingerprint density at radius 1 is 1.20 bits per heavy atom. The van der Waals surface area contributed by atoms with Gasteiger partial charge in [0.25, 0.3) is 0 Å². The van der Waals surface area contributed by atoms with Crippen LogP contribution in [0.25, 0.3) is 0 Å². The summed E-state index contributed by atoms with van der Waals surface area (Å²) < 4.78 is 0. The number of fused-ring (bicyclic) bond motifs is 2. The molecular weight excluding hydrogens is 272 g/mol. The van der Waals surface area contributed by atoms with Crippen molar-refractivity contribution in [3.63, 3.8) is 0 Å². The van der Waals surface area contributed by atoms with Gasteiger partial charge in [0.1, 0.15) is 0 Å². The second kappa shape index (κ2) is 6.65. The molecule has 0 aliphatic heterocycles. The Hall–Kier alpha value is -0.280. The molecule has 0 aromatic carbocycles. The smallest absolute Gasteiger partial charge is 0.223 e. The van der Waals surface area contributed by atoms with E-state index in [-0.39, 0.29) is 18.3 Å². The van der Waals surface area contributed by atoms with Crippen molar-refractivity contribution in [1.82, 2.24) is 5.32 Å². The lowest BCUT2D eigenvalue weighted by molar-refractivity contribution is -0.128. The molecule has 3 nitrogen and oxygen atoms in total. The van der Waals surface area contributed by atoms with E-state index in [4.69, 9.17) is 5.73 Å². The predicted octanol–water partition coefficient (Wildman–Crippen LogP) is 2.87. The summed E-state index contributed by atoms with van der Waals surface area (Å²) in [4.78, 5) is 12.4. The molecule has 2 bridgehead atoms. The van der Waals surface area contributed by atoms with Gasteiger partial charge in [-0.05, 0) is 56.8 Å². The summed E-state index contributed by atoms with van der Waals surface area (Å²) in [6, 6.07) is 0.720. The summed E-state index contributed by atoms with van der Waals surface area (Å²) in [6.45, 7) is 2.16. The first-order valence-corrected chi connectivity index (χ1v) is 8.19. The van der Waals surface area contributed by atoms with Crippen LogP contribution in [-0.2, 0) is 4.79 Å². The Morgan fingerprint density at radius 3 is 2.35 bits per heavy atom. The van der Waals surface area contributed by atoms with Crippen LogP contribution in [-0.4, -0.2) is 18.0 Å². The topological polar surface area (TPSA) is 55.1 Å². The number of nitrogens with two attached hydrogens (primary N) is 1. The van der Waals surface area contributed by atoms with Gasteiger partial charge in [-0.25, -0.2) is 0 Å². The second-order valence-electron chi connectivity index (χ2n) is 7.29. The van der Waals surface area contributed by atoms with E-state index < -0.39 is 0 Å². The monoisotopic (exact) mass is 300 g/mol. The van der Waals surface area contributed by atoms with Crippen molar-refractivity contribution in [1.29, 1.82) is 0 Å². The maximum absolute atomic E-state index is 12.4. The third kappa shape index (κ3) is 3.67. The van der Waals surface area contributed by atoms with Gasteiger partial charge < -0.3 is 11.1 Å². The largest absolute Gasteiger partial charge is 0.353 e. The molecule has 1 amide bonds. The van der Waals surface area contributed by atoms with Crippen LogP contribution in [0.5, 0.6) is 0 Å². The number of amides is 1. The minimum atomic E-state index is 0. The molecule has 4 heteroatoms. The van der Waals surface area contributed by atoms with Gasteiger partial charge in [-0.3, -0.25) is 4.79 Å². The van der Waals surface area contributed by atoms with E-state index in [1.165, 1.54) is 38.5 Å². The van der Waals surface area contributed by atoms with Gasteiger partial charge >= 0.3 is 0 Å². The van der Waals surface area contributed by atoms with Crippen LogP contribution >= 0.6 is 12.4 Å². The van der Waals surface area contributed by atoms with Gasteiger partial charge in [-0.1, -0.05) is 19.3 Å². The molecule has 0 saturated heterocycles. The number of halogens is 1. The fourth-order valence-corrected chi connectivity index (χ4v) is 4.28. The Bertz CT molecular complexity index is 331. The number of hydrogen-bond acceptors (Lipinski definition) is 2. The molecule has 20 heavy (non-hydrogen) atoms. The number of rotatable bonds is 4. The molecule has 0 heterocycles. The predicted molar refractivity (Wildman–Crippen MR) is 83.7 cm³/mol. The van der Waals surface area contributed by atoms with Crippen molar-refractivity contribution >= 4 is 18.3 Å². The van der Waals surface area contributed by atoms with Crippen LogP contribution < -0.4 is 11.1 Å². The van der Waals surface area contributed by atoms with Crippen molar-refractivity contribution < 1.29 is 4.79 Å². The van der Waals surface area contributed by atoms with Gasteiger partial charge in [0.05, 0.1) is 0 Å². The minimum absolute atomic E-state index is 0. The maximum atomic E-state index is 12.4.